The van der Waals surface area contributed by atoms with E-state index in [1.807, 2.05) is 93.6 Å². The molecule has 0 unspecified atom stereocenters. The highest BCUT2D eigenvalue weighted by Crippen LogP contribution is 2.26. The van der Waals surface area contributed by atoms with E-state index in [0.717, 1.165) is 40.4 Å². The van der Waals surface area contributed by atoms with Crippen molar-refractivity contribution in [3.8, 4) is 22.6 Å². The van der Waals surface area contributed by atoms with Gasteiger partial charge in [0.05, 0.1) is 23.9 Å². The smallest absolute Gasteiger partial charge is 0.311 e. The van der Waals surface area contributed by atoms with Crippen LogP contribution in [0.3, 0.4) is 0 Å². The van der Waals surface area contributed by atoms with Crippen LogP contribution in [0.2, 0.25) is 0 Å². The van der Waals surface area contributed by atoms with E-state index in [1.165, 1.54) is 0 Å². The van der Waals surface area contributed by atoms with Crippen molar-refractivity contribution in [3.05, 3.63) is 72.8 Å². The zero-order valence-corrected chi connectivity index (χ0v) is 19.6. The Labute approximate surface area is 195 Å². The molecule has 0 aliphatic rings. The van der Waals surface area contributed by atoms with E-state index >= 15 is 0 Å². The fourth-order valence-electron chi connectivity index (χ4n) is 2.86. The zero-order valence-electron chi connectivity index (χ0n) is 19.6. The second-order valence-corrected chi connectivity index (χ2v) is 8.19. The van der Waals surface area contributed by atoms with Gasteiger partial charge in [0.2, 0.25) is 0 Å². The highest BCUT2D eigenvalue weighted by atomic mass is 16.6. The average Bonchev–Trinajstić information content (AvgIpc) is 2.86. The number of carbonyl (C=O) groups excluding carboxylic acids is 1. The number of rotatable bonds is 10. The fraction of sp³-hybridized carbons (Fsp3) is 0.296. The molecule has 0 aliphatic carbocycles. The van der Waals surface area contributed by atoms with Crippen molar-refractivity contribution < 1.29 is 19.0 Å². The van der Waals surface area contributed by atoms with Gasteiger partial charge >= 0.3 is 5.97 Å². The Balaban J connectivity index is 1.51. The lowest BCUT2D eigenvalue weighted by molar-refractivity contribution is -0.154. The van der Waals surface area contributed by atoms with E-state index in [9.17, 15) is 4.79 Å². The molecular weight excluding hydrogens is 416 g/mol. The number of esters is 1. The van der Waals surface area contributed by atoms with Gasteiger partial charge in [-0.25, -0.2) is 0 Å². The fourth-order valence-corrected chi connectivity index (χ4v) is 2.86. The van der Waals surface area contributed by atoms with E-state index in [1.54, 1.807) is 7.11 Å². The Morgan fingerprint density at radius 3 is 1.76 bits per heavy atom. The monoisotopic (exact) mass is 446 g/mol. The van der Waals surface area contributed by atoms with Crippen LogP contribution in [-0.2, 0) is 9.53 Å². The molecule has 33 heavy (non-hydrogen) atoms. The van der Waals surface area contributed by atoms with Crippen LogP contribution in [-0.4, -0.2) is 26.3 Å². The molecule has 0 saturated heterocycles. The molecular formula is C27H30N2O4. The SMILES string of the molecule is CCC(C)(C)C(=O)OCCOc1ccc(-c2ccc(/N=N/c3ccc(OC)cc3)cc2)cc1. The zero-order chi connectivity index (χ0) is 23.7. The molecule has 3 rings (SSSR count). The van der Waals surface area contributed by atoms with Crippen LogP contribution in [0, 0.1) is 5.41 Å². The number of hydrogen-bond donors (Lipinski definition) is 0. The molecule has 3 aromatic rings. The maximum Gasteiger partial charge on any atom is 0.311 e. The minimum atomic E-state index is -0.464. The summed E-state index contributed by atoms with van der Waals surface area (Å²) in [4.78, 5) is 12.0. The molecule has 0 amide bonds. The molecule has 0 atom stereocenters. The number of carbonyl (C=O) groups is 1. The molecule has 0 fully saturated rings. The van der Waals surface area contributed by atoms with Gasteiger partial charge in [-0.2, -0.15) is 10.2 Å². The molecule has 0 radical (unpaired) electrons. The molecule has 6 heteroatoms. The maximum atomic E-state index is 12.0. The van der Waals surface area contributed by atoms with Crippen molar-refractivity contribution in [2.24, 2.45) is 15.6 Å². The van der Waals surface area contributed by atoms with Crippen molar-refractivity contribution in [1.29, 1.82) is 0 Å². The molecule has 0 saturated carbocycles. The number of hydrogen-bond acceptors (Lipinski definition) is 6. The Hall–Kier alpha value is -3.67. The lowest BCUT2D eigenvalue weighted by Crippen LogP contribution is -2.27. The van der Waals surface area contributed by atoms with Crippen molar-refractivity contribution in [3.63, 3.8) is 0 Å². The molecule has 0 heterocycles. The predicted octanol–water partition coefficient (Wildman–Crippen LogP) is 7.14. The Kier molecular flexibility index (Phi) is 8.19. The second-order valence-electron chi connectivity index (χ2n) is 8.19. The first kappa shape index (κ1) is 24.0. The van der Waals surface area contributed by atoms with Crippen molar-refractivity contribution in [1.82, 2.24) is 0 Å². The van der Waals surface area contributed by atoms with Gasteiger partial charge in [0.1, 0.15) is 24.7 Å². The lowest BCUT2D eigenvalue weighted by atomic mass is 9.91. The Morgan fingerprint density at radius 2 is 1.24 bits per heavy atom. The van der Waals surface area contributed by atoms with Crippen LogP contribution >= 0.6 is 0 Å². The molecule has 0 bridgehead atoms. The molecule has 0 spiro atoms. The summed E-state index contributed by atoms with van der Waals surface area (Å²) in [5.41, 5.74) is 3.21. The normalized spacial score (nSPS) is 11.4. The van der Waals surface area contributed by atoms with Gasteiger partial charge in [-0.3, -0.25) is 4.79 Å². The molecule has 0 aromatic heterocycles. The third-order valence-electron chi connectivity index (χ3n) is 5.43. The maximum absolute atomic E-state index is 12.0. The molecule has 172 valence electrons. The first-order valence-corrected chi connectivity index (χ1v) is 11.0. The van der Waals surface area contributed by atoms with E-state index in [0.29, 0.717) is 6.61 Å². The average molecular weight is 447 g/mol. The minimum Gasteiger partial charge on any atom is -0.497 e. The van der Waals surface area contributed by atoms with Crippen molar-refractivity contribution in [2.75, 3.05) is 20.3 Å². The first-order chi connectivity index (χ1) is 15.9. The number of nitrogens with zero attached hydrogens (tertiary/aromatic N) is 2. The Bertz CT molecular complexity index is 1060. The highest BCUT2D eigenvalue weighted by Gasteiger charge is 2.26. The van der Waals surface area contributed by atoms with Crippen LogP contribution in [0.25, 0.3) is 11.1 Å². The van der Waals surface area contributed by atoms with Gasteiger partial charge in [0.15, 0.2) is 0 Å². The lowest BCUT2D eigenvalue weighted by Gasteiger charge is -2.20. The van der Waals surface area contributed by atoms with Gasteiger partial charge in [-0.05, 0) is 79.9 Å². The number of ether oxygens (including phenoxy) is 3. The summed E-state index contributed by atoms with van der Waals surface area (Å²) in [6.07, 6.45) is 0.737. The van der Waals surface area contributed by atoms with Crippen LogP contribution < -0.4 is 9.47 Å². The number of azo groups is 1. The molecule has 3 aromatic carbocycles. The van der Waals surface area contributed by atoms with Crippen LogP contribution in [0.5, 0.6) is 11.5 Å². The second kappa shape index (κ2) is 11.3. The van der Waals surface area contributed by atoms with E-state index in [-0.39, 0.29) is 12.6 Å². The third-order valence-corrected chi connectivity index (χ3v) is 5.43. The van der Waals surface area contributed by atoms with Crippen molar-refractivity contribution >= 4 is 17.3 Å². The summed E-state index contributed by atoms with van der Waals surface area (Å²) in [6, 6.07) is 23.1. The third kappa shape index (κ3) is 6.91. The number of benzene rings is 3. The van der Waals surface area contributed by atoms with Gasteiger partial charge in [-0.1, -0.05) is 31.2 Å². The summed E-state index contributed by atoms with van der Waals surface area (Å²) >= 11 is 0. The summed E-state index contributed by atoms with van der Waals surface area (Å²) in [5.74, 6) is 1.32. The predicted molar refractivity (Wildman–Crippen MR) is 130 cm³/mol. The largest absolute Gasteiger partial charge is 0.497 e. The van der Waals surface area contributed by atoms with Gasteiger partial charge < -0.3 is 14.2 Å². The molecule has 6 nitrogen and oxygen atoms in total. The molecule has 0 aliphatic heterocycles. The van der Waals surface area contributed by atoms with Crippen molar-refractivity contribution in [2.45, 2.75) is 27.2 Å². The summed E-state index contributed by atoms with van der Waals surface area (Å²) in [6.45, 7) is 6.28. The van der Waals surface area contributed by atoms with Crippen LogP contribution in [0.15, 0.2) is 83.0 Å². The summed E-state index contributed by atoms with van der Waals surface area (Å²) in [7, 11) is 1.63. The van der Waals surface area contributed by atoms with E-state index in [4.69, 9.17) is 14.2 Å². The first-order valence-electron chi connectivity index (χ1n) is 11.0. The quantitative estimate of drug-likeness (QED) is 0.189. The standard InChI is InChI=1S/C27H30N2O4/c1-5-27(2,3)26(30)33-19-18-32-25-14-8-21(9-15-25)20-6-10-22(11-7-20)28-29-23-12-16-24(31-4)17-13-23/h6-17H,5,18-19H2,1-4H3/b29-28+. The summed E-state index contributed by atoms with van der Waals surface area (Å²) < 4.78 is 16.1. The van der Waals surface area contributed by atoms with Gasteiger partial charge in [-0.15, -0.1) is 0 Å². The van der Waals surface area contributed by atoms with Gasteiger partial charge in [0, 0.05) is 0 Å². The number of methoxy groups -OCH3 is 1. The summed E-state index contributed by atoms with van der Waals surface area (Å²) in [5, 5.41) is 8.54. The minimum absolute atomic E-state index is 0.198. The topological polar surface area (TPSA) is 69.5 Å². The Morgan fingerprint density at radius 1 is 0.758 bits per heavy atom. The highest BCUT2D eigenvalue weighted by molar-refractivity contribution is 5.75. The van der Waals surface area contributed by atoms with Gasteiger partial charge in [0.25, 0.3) is 0 Å². The van der Waals surface area contributed by atoms with E-state index in [2.05, 4.69) is 10.2 Å². The molecule has 0 N–H and O–H groups in total. The van der Waals surface area contributed by atoms with Crippen LogP contribution in [0.1, 0.15) is 27.2 Å². The van der Waals surface area contributed by atoms with E-state index < -0.39 is 5.41 Å². The van der Waals surface area contributed by atoms with Crippen LogP contribution in [0.4, 0.5) is 11.4 Å².